The molecule has 2 aliphatic heterocycles. The number of pyridine rings is 1. The Morgan fingerprint density at radius 1 is 1.12 bits per heavy atom. The topological polar surface area (TPSA) is 84.7 Å². The third-order valence-corrected chi connectivity index (χ3v) is 6.84. The Hall–Kier alpha value is -2.54. The Balaban J connectivity index is 1.24. The van der Waals surface area contributed by atoms with Crippen LogP contribution < -0.4 is 4.74 Å². The normalized spacial score (nSPS) is 30.4. The molecule has 1 aromatic rings. The monoisotopic (exact) mass is 467 g/mol. The number of nitrogens with zero attached hydrogens (tertiary/aromatic N) is 3. The lowest BCUT2D eigenvalue weighted by Crippen LogP contribution is -2.50. The second kappa shape index (κ2) is 9.75. The predicted octanol–water partition coefficient (Wildman–Crippen LogP) is 4.74. The molecule has 0 aromatic carbocycles. The number of rotatable bonds is 5. The number of fused-ring (bicyclic) bond motifs is 2. The molecule has 4 rings (SSSR count). The van der Waals surface area contributed by atoms with Crippen LogP contribution in [0.15, 0.2) is 18.5 Å². The summed E-state index contributed by atoms with van der Waals surface area (Å²) in [5.41, 5.74) is 0.418. The minimum Gasteiger partial charge on any atom is -0.489 e. The minimum atomic E-state index is -4.56. The number of halogens is 3. The zero-order chi connectivity index (χ0) is 23.6. The van der Waals surface area contributed by atoms with Crippen LogP contribution in [0.1, 0.15) is 63.9 Å². The van der Waals surface area contributed by atoms with Gasteiger partial charge >= 0.3 is 12.3 Å². The van der Waals surface area contributed by atoms with E-state index in [1.165, 1.54) is 11.1 Å². The van der Waals surface area contributed by atoms with Crippen LogP contribution in [-0.2, 0) is 9.47 Å². The molecule has 0 radical (unpaired) electrons. The zero-order valence-electron chi connectivity index (χ0n) is 18.5. The molecule has 10 heteroatoms. The summed E-state index contributed by atoms with van der Waals surface area (Å²) < 4.78 is 55.3. The second-order valence-corrected chi connectivity index (χ2v) is 9.09. The summed E-state index contributed by atoms with van der Waals surface area (Å²) in [6, 6.07) is 3.50. The predicted molar refractivity (Wildman–Crippen MR) is 110 cm³/mol. The standard InChI is InChI=1S/C23H28F3N3O4/c1-14(23(24,25)26)31-22(30)29-16-2-3-17(29)11-20(10-16)32-18-4-6-19(7-5-18)33-21-8-9-28-13-15(21)12-27/h8-9,13-14,16-20H,2-7,10-11H2,1H3/t14-,16-,17+,18?,19?,20?/m0/s1. The van der Waals surface area contributed by atoms with Crippen LogP contribution in [-0.4, -0.2) is 58.7 Å². The van der Waals surface area contributed by atoms with Crippen molar-refractivity contribution in [1.29, 1.82) is 5.26 Å². The van der Waals surface area contributed by atoms with E-state index in [1.807, 2.05) is 0 Å². The smallest absolute Gasteiger partial charge is 0.425 e. The molecule has 180 valence electrons. The molecule has 2 saturated heterocycles. The minimum absolute atomic E-state index is 0.0144. The van der Waals surface area contributed by atoms with Crippen LogP contribution in [0.3, 0.4) is 0 Å². The van der Waals surface area contributed by atoms with Gasteiger partial charge in [-0.3, -0.25) is 4.98 Å². The molecule has 4 atom stereocenters. The van der Waals surface area contributed by atoms with E-state index in [2.05, 4.69) is 15.8 Å². The number of carbonyl (C=O) groups is 1. The number of amides is 1. The van der Waals surface area contributed by atoms with Crippen LogP contribution >= 0.6 is 0 Å². The van der Waals surface area contributed by atoms with Gasteiger partial charge < -0.3 is 19.1 Å². The van der Waals surface area contributed by atoms with E-state index in [0.717, 1.165) is 45.4 Å². The van der Waals surface area contributed by atoms with Gasteiger partial charge in [0.25, 0.3) is 0 Å². The van der Waals surface area contributed by atoms with E-state index in [-0.39, 0.29) is 30.4 Å². The van der Waals surface area contributed by atoms with E-state index < -0.39 is 18.4 Å². The number of alkyl halides is 3. The molecule has 3 fully saturated rings. The Morgan fingerprint density at radius 2 is 1.76 bits per heavy atom. The number of aromatic nitrogens is 1. The maximum Gasteiger partial charge on any atom is 0.425 e. The molecule has 2 bridgehead atoms. The maximum atomic E-state index is 12.8. The Kier molecular flexibility index (Phi) is 6.98. The molecule has 1 amide bonds. The number of nitriles is 1. The number of hydrogen-bond donors (Lipinski definition) is 0. The van der Waals surface area contributed by atoms with Crippen LogP contribution in [0.4, 0.5) is 18.0 Å². The van der Waals surface area contributed by atoms with Crippen molar-refractivity contribution in [2.75, 3.05) is 0 Å². The van der Waals surface area contributed by atoms with Gasteiger partial charge in [0.05, 0.1) is 18.3 Å². The third kappa shape index (κ3) is 5.52. The second-order valence-electron chi connectivity index (χ2n) is 9.09. The lowest BCUT2D eigenvalue weighted by atomic mass is 9.93. The van der Waals surface area contributed by atoms with Gasteiger partial charge in [-0.05, 0) is 64.4 Å². The highest BCUT2D eigenvalue weighted by Gasteiger charge is 2.47. The van der Waals surface area contributed by atoms with Gasteiger partial charge in [-0.25, -0.2) is 4.79 Å². The molecule has 0 spiro atoms. The van der Waals surface area contributed by atoms with Gasteiger partial charge in [0.15, 0.2) is 6.10 Å². The summed E-state index contributed by atoms with van der Waals surface area (Å²) in [7, 11) is 0. The van der Waals surface area contributed by atoms with Gasteiger partial charge in [0.2, 0.25) is 0 Å². The first-order valence-corrected chi connectivity index (χ1v) is 11.5. The average Bonchev–Trinajstić information content (AvgIpc) is 3.05. The molecule has 1 aromatic heterocycles. The summed E-state index contributed by atoms with van der Waals surface area (Å²) in [6.45, 7) is 0.853. The van der Waals surface area contributed by atoms with Crippen molar-refractivity contribution < 1.29 is 32.2 Å². The molecule has 1 unspecified atom stereocenters. The highest BCUT2D eigenvalue weighted by Crippen LogP contribution is 2.39. The first-order chi connectivity index (χ1) is 15.7. The fourth-order valence-corrected chi connectivity index (χ4v) is 5.12. The van der Waals surface area contributed by atoms with E-state index >= 15 is 0 Å². The lowest BCUT2D eigenvalue weighted by Gasteiger charge is -2.40. The molecule has 33 heavy (non-hydrogen) atoms. The van der Waals surface area contributed by atoms with Crippen molar-refractivity contribution >= 4 is 6.09 Å². The summed E-state index contributed by atoms with van der Waals surface area (Å²) in [5.74, 6) is 0.549. The number of hydrogen-bond acceptors (Lipinski definition) is 6. The molecule has 7 nitrogen and oxygen atoms in total. The Labute approximate surface area is 190 Å². The maximum absolute atomic E-state index is 12.8. The molecule has 1 aliphatic carbocycles. The Morgan fingerprint density at radius 3 is 2.36 bits per heavy atom. The highest BCUT2D eigenvalue weighted by atomic mass is 19.4. The van der Waals surface area contributed by atoms with Crippen LogP contribution in [0.2, 0.25) is 0 Å². The molecule has 1 saturated carbocycles. The summed E-state index contributed by atoms with van der Waals surface area (Å²) in [5, 5.41) is 9.18. The zero-order valence-corrected chi connectivity index (χ0v) is 18.5. The van der Waals surface area contributed by atoms with Crippen molar-refractivity contribution in [2.45, 2.75) is 101 Å². The first kappa shape index (κ1) is 23.6. The number of piperidine rings is 1. The lowest BCUT2D eigenvalue weighted by molar-refractivity contribution is -0.201. The van der Waals surface area contributed by atoms with Crippen LogP contribution in [0.25, 0.3) is 0 Å². The fraction of sp³-hybridized carbons (Fsp3) is 0.696. The van der Waals surface area contributed by atoms with Crippen molar-refractivity contribution in [3.05, 3.63) is 24.0 Å². The third-order valence-electron chi connectivity index (χ3n) is 6.84. The van der Waals surface area contributed by atoms with E-state index in [1.54, 1.807) is 12.3 Å². The van der Waals surface area contributed by atoms with Gasteiger partial charge in [-0.1, -0.05) is 0 Å². The van der Waals surface area contributed by atoms with Gasteiger partial charge in [0, 0.05) is 24.5 Å². The SMILES string of the molecule is C[C@H](OC(=O)N1[C@@H]2CC[C@H]1CC(OC1CCC(Oc3ccncc3C#N)CC1)C2)C(F)(F)F. The number of carbonyl (C=O) groups excluding carboxylic acids is 1. The fourth-order valence-electron chi connectivity index (χ4n) is 5.12. The van der Waals surface area contributed by atoms with Gasteiger partial charge in [0.1, 0.15) is 17.4 Å². The molecule has 3 aliphatic rings. The Bertz CT molecular complexity index is 868. The van der Waals surface area contributed by atoms with E-state index in [4.69, 9.17) is 9.47 Å². The van der Waals surface area contributed by atoms with Crippen LogP contribution in [0, 0.1) is 11.3 Å². The quantitative estimate of drug-likeness (QED) is 0.622. The largest absolute Gasteiger partial charge is 0.489 e. The van der Waals surface area contributed by atoms with Gasteiger partial charge in [-0.2, -0.15) is 18.4 Å². The number of ether oxygens (including phenoxy) is 3. The summed E-state index contributed by atoms with van der Waals surface area (Å²) in [6.07, 6.45) is 1.66. The van der Waals surface area contributed by atoms with Gasteiger partial charge in [-0.15, -0.1) is 0 Å². The molecule has 3 heterocycles. The average molecular weight is 467 g/mol. The van der Waals surface area contributed by atoms with E-state index in [0.29, 0.717) is 24.2 Å². The van der Waals surface area contributed by atoms with Crippen molar-refractivity contribution in [3.63, 3.8) is 0 Å². The highest BCUT2D eigenvalue weighted by molar-refractivity contribution is 5.69. The summed E-state index contributed by atoms with van der Waals surface area (Å²) in [4.78, 5) is 17.8. The molecular formula is C23H28F3N3O4. The molecular weight excluding hydrogens is 439 g/mol. The van der Waals surface area contributed by atoms with E-state index in [9.17, 15) is 23.2 Å². The van der Waals surface area contributed by atoms with Crippen LogP contribution in [0.5, 0.6) is 5.75 Å². The summed E-state index contributed by atoms with van der Waals surface area (Å²) >= 11 is 0. The van der Waals surface area contributed by atoms with Crippen molar-refractivity contribution in [3.8, 4) is 11.8 Å². The first-order valence-electron chi connectivity index (χ1n) is 11.5. The van der Waals surface area contributed by atoms with Crippen molar-refractivity contribution in [1.82, 2.24) is 9.88 Å². The molecule has 0 N–H and O–H groups in total. The van der Waals surface area contributed by atoms with Crippen molar-refractivity contribution in [2.24, 2.45) is 0 Å².